The molecule has 0 aliphatic carbocycles. The Bertz CT molecular complexity index is 657. The van der Waals surface area contributed by atoms with Gasteiger partial charge in [-0.2, -0.15) is 0 Å². The SMILES string of the molecule is NCC1c2ccccc2CN1c1ccc2c(c1)OCO2. The second kappa shape index (κ2) is 4.42. The van der Waals surface area contributed by atoms with Gasteiger partial charge in [-0.3, -0.25) is 0 Å². The minimum absolute atomic E-state index is 0.228. The van der Waals surface area contributed by atoms with Gasteiger partial charge in [-0.1, -0.05) is 24.3 Å². The predicted octanol–water partition coefficient (Wildman–Crippen LogP) is 2.44. The van der Waals surface area contributed by atoms with Gasteiger partial charge in [0.05, 0.1) is 6.04 Å². The first kappa shape index (κ1) is 11.6. The first-order chi connectivity index (χ1) is 9.86. The van der Waals surface area contributed by atoms with Gasteiger partial charge in [0.2, 0.25) is 6.79 Å². The number of hydrogen-bond donors (Lipinski definition) is 1. The molecule has 0 spiro atoms. The van der Waals surface area contributed by atoms with Crippen molar-refractivity contribution in [3.63, 3.8) is 0 Å². The highest BCUT2D eigenvalue weighted by Gasteiger charge is 2.29. The fourth-order valence-corrected chi connectivity index (χ4v) is 3.05. The normalized spacial score (nSPS) is 19.2. The van der Waals surface area contributed by atoms with Gasteiger partial charge in [-0.05, 0) is 23.3 Å². The Balaban J connectivity index is 1.73. The molecule has 102 valence electrons. The average Bonchev–Trinajstić information content (AvgIpc) is 3.10. The number of rotatable bonds is 2. The molecule has 0 fully saturated rings. The van der Waals surface area contributed by atoms with Crippen LogP contribution in [-0.2, 0) is 6.54 Å². The lowest BCUT2D eigenvalue weighted by atomic mass is 10.1. The van der Waals surface area contributed by atoms with Crippen molar-refractivity contribution in [2.24, 2.45) is 5.73 Å². The molecule has 0 saturated carbocycles. The van der Waals surface area contributed by atoms with Crippen molar-refractivity contribution in [3.05, 3.63) is 53.6 Å². The van der Waals surface area contributed by atoms with Crippen LogP contribution in [0.4, 0.5) is 5.69 Å². The van der Waals surface area contributed by atoms with E-state index in [1.165, 1.54) is 11.1 Å². The van der Waals surface area contributed by atoms with Crippen molar-refractivity contribution in [1.29, 1.82) is 0 Å². The Morgan fingerprint density at radius 3 is 2.85 bits per heavy atom. The second-order valence-corrected chi connectivity index (χ2v) is 5.12. The Hall–Kier alpha value is -2.20. The van der Waals surface area contributed by atoms with E-state index in [1.54, 1.807) is 0 Å². The Labute approximate surface area is 117 Å². The maximum Gasteiger partial charge on any atom is 0.231 e. The number of ether oxygens (including phenoxy) is 2. The van der Waals surface area contributed by atoms with Crippen molar-refractivity contribution in [3.8, 4) is 11.5 Å². The molecule has 2 aliphatic rings. The van der Waals surface area contributed by atoms with E-state index >= 15 is 0 Å². The monoisotopic (exact) mass is 268 g/mol. The highest BCUT2D eigenvalue weighted by molar-refractivity contribution is 5.61. The van der Waals surface area contributed by atoms with Crippen LogP contribution in [0.25, 0.3) is 0 Å². The van der Waals surface area contributed by atoms with Crippen LogP contribution < -0.4 is 20.1 Å². The zero-order valence-corrected chi connectivity index (χ0v) is 11.1. The fraction of sp³-hybridized carbons (Fsp3) is 0.250. The summed E-state index contributed by atoms with van der Waals surface area (Å²) in [5.74, 6) is 1.63. The molecule has 0 bridgehead atoms. The van der Waals surface area contributed by atoms with Crippen LogP contribution in [0, 0.1) is 0 Å². The average molecular weight is 268 g/mol. The molecule has 2 aromatic carbocycles. The molecule has 2 aromatic rings. The maximum atomic E-state index is 5.99. The molecule has 2 aliphatic heterocycles. The number of benzene rings is 2. The van der Waals surface area contributed by atoms with Crippen molar-refractivity contribution in [1.82, 2.24) is 0 Å². The van der Waals surface area contributed by atoms with E-state index in [-0.39, 0.29) is 6.04 Å². The summed E-state index contributed by atoms with van der Waals surface area (Å²) < 4.78 is 10.8. The van der Waals surface area contributed by atoms with E-state index in [9.17, 15) is 0 Å². The molecule has 4 nitrogen and oxygen atoms in total. The molecule has 4 heteroatoms. The topological polar surface area (TPSA) is 47.7 Å². The van der Waals surface area contributed by atoms with E-state index in [0.717, 1.165) is 23.7 Å². The third-order valence-electron chi connectivity index (χ3n) is 4.04. The summed E-state index contributed by atoms with van der Waals surface area (Å²) in [5.41, 5.74) is 9.79. The van der Waals surface area contributed by atoms with Gasteiger partial charge in [0.1, 0.15) is 0 Å². The summed E-state index contributed by atoms with van der Waals surface area (Å²) in [7, 11) is 0. The standard InChI is InChI=1S/C16H16N2O2/c17-8-14-13-4-2-1-3-11(13)9-18(14)12-5-6-15-16(7-12)20-10-19-15/h1-7,14H,8-10,17H2. The highest BCUT2D eigenvalue weighted by atomic mass is 16.7. The first-order valence-electron chi connectivity index (χ1n) is 6.81. The minimum atomic E-state index is 0.228. The van der Waals surface area contributed by atoms with Gasteiger partial charge < -0.3 is 20.1 Å². The second-order valence-electron chi connectivity index (χ2n) is 5.12. The molecule has 4 rings (SSSR count). The van der Waals surface area contributed by atoms with Crippen LogP contribution in [0.2, 0.25) is 0 Å². The molecule has 1 unspecified atom stereocenters. The molecular formula is C16H16N2O2. The van der Waals surface area contributed by atoms with Crippen LogP contribution in [0.3, 0.4) is 0 Å². The van der Waals surface area contributed by atoms with Crippen molar-refractivity contribution in [2.75, 3.05) is 18.2 Å². The summed E-state index contributed by atoms with van der Waals surface area (Å²) in [4.78, 5) is 2.33. The third kappa shape index (κ3) is 1.65. The van der Waals surface area contributed by atoms with Gasteiger partial charge in [-0.25, -0.2) is 0 Å². The van der Waals surface area contributed by atoms with Crippen LogP contribution in [-0.4, -0.2) is 13.3 Å². The Morgan fingerprint density at radius 2 is 1.95 bits per heavy atom. The number of nitrogens with two attached hydrogens (primary N) is 1. The summed E-state index contributed by atoms with van der Waals surface area (Å²) in [5, 5.41) is 0. The molecule has 2 heterocycles. The quantitative estimate of drug-likeness (QED) is 0.908. The first-order valence-corrected chi connectivity index (χ1v) is 6.81. The maximum absolute atomic E-state index is 5.99. The number of hydrogen-bond acceptors (Lipinski definition) is 4. The number of nitrogens with zero attached hydrogens (tertiary/aromatic N) is 1. The molecule has 0 amide bonds. The minimum Gasteiger partial charge on any atom is -0.454 e. The molecule has 0 saturated heterocycles. The summed E-state index contributed by atoms with van der Waals surface area (Å²) in [6, 6.07) is 14.8. The van der Waals surface area contributed by atoms with E-state index in [4.69, 9.17) is 15.2 Å². The smallest absolute Gasteiger partial charge is 0.231 e. The number of anilines is 1. The molecule has 0 radical (unpaired) electrons. The lowest BCUT2D eigenvalue weighted by molar-refractivity contribution is 0.174. The van der Waals surface area contributed by atoms with Gasteiger partial charge in [0.25, 0.3) is 0 Å². The molecule has 20 heavy (non-hydrogen) atoms. The van der Waals surface area contributed by atoms with Crippen LogP contribution in [0.5, 0.6) is 11.5 Å². The van der Waals surface area contributed by atoms with E-state index in [2.05, 4.69) is 35.2 Å². The predicted molar refractivity (Wildman–Crippen MR) is 77.0 cm³/mol. The van der Waals surface area contributed by atoms with E-state index in [1.807, 2.05) is 12.1 Å². The van der Waals surface area contributed by atoms with Gasteiger partial charge in [0.15, 0.2) is 11.5 Å². The van der Waals surface area contributed by atoms with E-state index < -0.39 is 0 Å². The van der Waals surface area contributed by atoms with Crippen molar-refractivity contribution in [2.45, 2.75) is 12.6 Å². The zero-order chi connectivity index (χ0) is 13.5. The largest absolute Gasteiger partial charge is 0.454 e. The molecule has 1 atom stereocenters. The molecular weight excluding hydrogens is 252 g/mol. The Morgan fingerprint density at radius 1 is 1.10 bits per heavy atom. The fourth-order valence-electron chi connectivity index (χ4n) is 3.05. The Kier molecular flexibility index (Phi) is 2.57. The number of fused-ring (bicyclic) bond motifs is 2. The van der Waals surface area contributed by atoms with Gasteiger partial charge in [-0.15, -0.1) is 0 Å². The lowest BCUT2D eigenvalue weighted by Crippen LogP contribution is -2.27. The lowest BCUT2D eigenvalue weighted by Gasteiger charge is -2.26. The van der Waals surface area contributed by atoms with Crippen LogP contribution in [0.1, 0.15) is 17.2 Å². The molecule has 2 N–H and O–H groups in total. The van der Waals surface area contributed by atoms with Crippen LogP contribution in [0.15, 0.2) is 42.5 Å². The van der Waals surface area contributed by atoms with Crippen LogP contribution >= 0.6 is 0 Å². The van der Waals surface area contributed by atoms with Gasteiger partial charge >= 0.3 is 0 Å². The third-order valence-corrected chi connectivity index (χ3v) is 4.04. The van der Waals surface area contributed by atoms with Crippen molar-refractivity contribution >= 4 is 5.69 Å². The van der Waals surface area contributed by atoms with E-state index in [0.29, 0.717) is 13.3 Å². The highest BCUT2D eigenvalue weighted by Crippen LogP contribution is 2.41. The molecule has 0 aromatic heterocycles. The summed E-state index contributed by atoms with van der Waals surface area (Å²) in [6.07, 6.45) is 0. The van der Waals surface area contributed by atoms with Gasteiger partial charge in [0, 0.05) is 24.8 Å². The summed E-state index contributed by atoms with van der Waals surface area (Å²) in [6.45, 7) is 1.79. The van der Waals surface area contributed by atoms with Crippen molar-refractivity contribution < 1.29 is 9.47 Å². The zero-order valence-electron chi connectivity index (χ0n) is 11.1. The summed E-state index contributed by atoms with van der Waals surface area (Å²) >= 11 is 0.